The van der Waals surface area contributed by atoms with E-state index in [-0.39, 0.29) is 7.33 Å². The molecule has 0 saturated carbocycles. The lowest BCUT2D eigenvalue weighted by Gasteiger charge is -2.15. The van der Waals surface area contributed by atoms with Crippen LogP contribution in [0.2, 0.25) is 0 Å². The van der Waals surface area contributed by atoms with Crippen LogP contribution in [0.3, 0.4) is 0 Å². The second-order valence-electron chi connectivity index (χ2n) is 3.01. The van der Waals surface area contributed by atoms with Crippen molar-refractivity contribution in [1.29, 1.82) is 0 Å². The summed E-state index contributed by atoms with van der Waals surface area (Å²) < 4.78 is 0. The molecule has 1 aliphatic rings. The zero-order chi connectivity index (χ0) is 8.55. The Kier molecular flexibility index (Phi) is 1.57. The normalized spacial score (nSPS) is 15.2. The van der Waals surface area contributed by atoms with Gasteiger partial charge >= 0.3 is 0 Å². The van der Waals surface area contributed by atoms with E-state index in [2.05, 4.69) is 10.3 Å². The van der Waals surface area contributed by atoms with Crippen molar-refractivity contribution in [3.05, 3.63) is 23.4 Å². The summed E-state index contributed by atoms with van der Waals surface area (Å²) in [5.74, 6) is 0.812. The molecule has 0 bridgehead atoms. The molecule has 0 radical (unpaired) electrons. The Balaban J connectivity index is 0.000000845. The molecule has 0 aromatic carbocycles. The molecule has 0 saturated heterocycles. The molecule has 1 aromatic heterocycles. The van der Waals surface area contributed by atoms with Crippen LogP contribution in [-0.4, -0.2) is 10.9 Å². The molecule has 3 heteroatoms. The molecule has 2 rings (SSSR count). The number of amides is 1. The van der Waals surface area contributed by atoms with Crippen LogP contribution in [0, 0.1) is 6.92 Å². The summed E-state index contributed by atoms with van der Waals surface area (Å²) in [6, 6.07) is 3.99. The van der Waals surface area contributed by atoms with Crippen LogP contribution in [0.1, 0.15) is 19.1 Å². The minimum Gasteiger partial charge on any atom is -0.310 e. The van der Waals surface area contributed by atoms with Gasteiger partial charge in [0.1, 0.15) is 5.82 Å². The van der Waals surface area contributed by atoms with Gasteiger partial charge in [0.25, 0.3) is 0 Å². The van der Waals surface area contributed by atoms with Crippen LogP contribution in [0.25, 0.3) is 0 Å². The highest BCUT2D eigenvalue weighted by atomic mass is 16.1. The largest absolute Gasteiger partial charge is 0.310 e. The number of fused-ring (bicyclic) bond motifs is 1. The molecule has 0 fully saturated rings. The maximum Gasteiger partial charge on any atom is 0.225 e. The Bertz CT molecular complexity index is 338. The Morgan fingerprint density at radius 3 is 3.17 bits per heavy atom. The first-order valence-corrected chi connectivity index (χ1v) is 4.02. The average Bonchev–Trinajstić information content (AvgIpc) is 2.03. The molecule has 1 aliphatic heterocycles. The van der Waals surface area contributed by atoms with Crippen molar-refractivity contribution < 1.29 is 6.22 Å². The summed E-state index contributed by atoms with van der Waals surface area (Å²) in [5.41, 5.74) is 2.08. The number of carbonyl (C=O) groups is 1. The van der Waals surface area contributed by atoms with Crippen molar-refractivity contribution in [3.8, 4) is 0 Å². The van der Waals surface area contributed by atoms with Gasteiger partial charge in [-0.2, -0.15) is 0 Å². The summed E-state index contributed by atoms with van der Waals surface area (Å²) >= 11 is 0. The molecule has 0 aliphatic carbocycles. The predicted octanol–water partition coefficient (Wildman–Crippen LogP) is 1.52. The van der Waals surface area contributed by atoms with E-state index >= 15 is 0 Å². The van der Waals surface area contributed by atoms with E-state index in [1.54, 1.807) is 0 Å². The van der Waals surface area contributed by atoms with E-state index in [1.807, 2.05) is 19.1 Å². The van der Waals surface area contributed by atoms with Crippen molar-refractivity contribution in [2.75, 3.05) is 5.32 Å². The predicted molar refractivity (Wildman–Crippen MR) is 48.0 cm³/mol. The number of aryl methyl sites for hydroxylation is 2. The first-order valence-electron chi connectivity index (χ1n) is 4.02. The Hall–Kier alpha value is -1.38. The van der Waals surface area contributed by atoms with Crippen molar-refractivity contribution in [1.82, 2.24) is 4.98 Å². The maximum absolute atomic E-state index is 11.0. The number of hydrogen-bond acceptors (Lipinski definition) is 2. The maximum atomic E-state index is 11.0. The minimum atomic E-state index is 0. The lowest BCUT2D eigenvalue weighted by atomic mass is 10.1. The molecule has 1 amide bonds. The summed E-state index contributed by atoms with van der Waals surface area (Å²) in [5, 5.41) is 2.75. The number of rotatable bonds is 0. The van der Waals surface area contributed by atoms with E-state index in [1.165, 1.54) is 0 Å². The Morgan fingerprint density at radius 1 is 1.50 bits per heavy atom. The van der Waals surface area contributed by atoms with Gasteiger partial charge in [-0.1, -0.05) is 6.07 Å². The van der Waals surface area contributed by atoms with Gasteiger partial charge in [0, 0.05) is 13.5 Å². The molecule has 64 valence electrons. The molecular formula is C9H12N2O. The number of carbonyl (C=O) groups excluding carboxylic acids is 1. The van der Waals surface area contributed by atoms with E-state index < -0.39 is 0 Å². The highest BCUT2D eigenvalue weighted by Crippen LogP contribution is 2.19. The fraction of sp³-hybridized carbons (Fsp3) is 0.333. The van der Waals surface area contributed by atoms with Gasteiger partial charge < -0.3 is 5.32 Å². The van der Waals surface area contributed by atoms with Crippen LogP contribution in [-0.2, 0) is 11.2 Å². The van der Waals surface area contributed by atoms with E-state index in [0.717, 1.165) is 23.5 Å². The second-order valence-corrected chi connectivity index (χ2v) is 3.01. The van der Waals surface area contributed by atoms with Gasteiger partial charge in [-0.15, -0.1) is 0 Å². The molecule has 0 unspecified atom stereocenters. The van der Waals surface area contributed by atoms with Crippen molar-refractivity contribution >= 4 is 11.7 Å². The number of pyridine rings is 1. The van der Waals surface area contributed by atoms with Gasteiger partial charge in [0.2, 0.25) is 5.91 Å². The molecule has 1 aromatic rings. The van der Waals surface area contributed by atoms with Crippen LogP contribution in [0.15, 0.2) is 12.1 Å². The number of anilines is 1. The number of nitrogens with zero attached hydrogens (tertiary/aromatic N) is 1. The Labute approximate surface area is 72.3 Å². The molecule has 3 nitrogen and oxygen atoms in total. The molecule has 0 spiro atoms. The highest BCUT2D eigenvalue weighted by molar-refractivity contribution is 5.92. The van der Waals surface area contributed by atoms with E-state index in [4.69, 9.17) is 0 Å². The summed E-state index contributed by atoms with van der Waals surface area (Å²) in [6.45, 7) is 1.92. The van der Waals surface area contributed by atoms with Gasteiger partial charge in [-0.25, -0.2) is 4.98 Å². The SMILES string of the molecule is Cc1ccc2c(n1)NC(=O)CC2.[HH]. The number of hydrogen-bond donors (Lipinski definition) is 1. The fourth-order valence-corrected chi connectivity index (χ4v) is 1.34. The smallest absolute Gasteiger partial charge is 0.225 e. The van der Waals surface area contributed by atoms with Crippen molar-refractivity contribution in [2.45, 2.75) is 19.8 Å². The summed E-state index contributed by atoms with van der Waals surface area (Å²) in [4.78, 5) is 15.2. The summed E-state index contributed by atoms with van der Waals surface area (Å²) in [7, 11) is 0. The zero-order valence-corrected chi connectivity index (χ0v) is 6.92. The summed E-state index contributed by atoms with van der Waals surface area (Å²) in [6.07, 6.45) is 1.40. The highest BCUT2D eigenvalue weighted by Gasteiger charge is 2.14. The van der Waals surface area contributed by atoms with E-state index in [0.29, 0.717) is 6.42 Å². The van der Waals surface area contributed by atoms with Crippen LogP contribution < -0.4 is 5.32 Å². The van der Waals surface area contributed by atoms with Crippen molar-refractivity contribution in [3.63, 3.8) is 0 Å². The van der Waals surface area contributed by atoms with Crippen molar-refractivity contribution in [2.24, 2.45) is 0 Å². The van der Waals surface area contributed by atoms with E-state index in [9.17, 15) is 4.79 Å². The fourth-order valence-electron chi connectivity index (χ4n) is 1.34. The first kappa shape index (κ1) is 7.28. The van der Waals surface area contributed by atoms with Gasteiger partial charge in [-0.3, -0.25) is 4.79 Å². The third-order valence-electron chi connectivity index (χ3n) is 2.00. The Morgan fingerprint density at radius 2 is 2.33 bits per heavy atom. The monoisotopic (exact) mass is 164 g/mol. The van der Waals surface area contributed by atoms with Crippen LogP contribution >= 0.6 is 0 Å². The zero-order valence-electron chi connectivity index (χ0n) is 6.92. The molecule has 1 N–H and O–H groups in total. The minimum absolute atomic E-state index is 0. The standard InChI is InChI=1S/C9H10N2O.H2/c1-6-2-3-7-4-5-8(12)11-9(7)10-6;/h2-3H,4-5H2,1H3,(H,10,11,12);1H. The van der Waals surface area contributed by atoms with Gasteiger partial charge in [-0.05, 0) is 25.0 Å². The lowest BCUT2D eigenvalue weighted by Crippen LogP contribution is -2.20. The average molecular weight is 164 g/mol. The molecule has 2 heterocycles. The first-order chi connectivity index (χ1) is 5.75. The van der Waals surface area contributed by atoms with Gasteiger partial charge in [0.15, 0.2) is 0 Å². The quantitative estimate of drug-likeness (QED) is 0.631. The number of aromatic nitrogens is 1. The second kappa shape index (κ2) is 2.59. The third kappa shape index (κ3) is 1.18. The lowest BCUT2D eigenvalue weighted by molar-refractivity contribution is -0.116. The number of nitrogens with one attached hydrogen (secondary N) is 1. The third-order valence-corrected chi connectivity index (χ3v) is 2.00. The molecular weight excluding hydrogens is 152 g/mol. The molecule has 0 atom stereocenters. The van der Waals surface area contributed by atoms with Crippen LogP contribution in [0.4, 0.5) is 5.82 Å². The molecule has 12 heavy (non-hydrogen) atoms. The van der Waals surface area contributed by atoms with Crippen LogP contribution in [0.5, 0.6) is 0 Å². The van der Waals surface area contributed by atoms with Gasteiger partial charge in [0.05, 0.1) is 0 Å². The topological polar surface area (TPSA) is 42.0 Å².